The minimum absolute atomic E-state index is 0.101. The Balaban J connectivity index is 2.00. The molecule has 7 nitrogen and oxygen atoms in total. The van der Waals surface area contributed by atoms with Crippen molar-refractivity contribution in [2.75, 3.05) is 13.2 Å². The predicted octanol–water partition coefficient (Wildman–Crippen LogP) is 2.97. The van der Waals surface area contributed by atoms with Crippen molar-refractivity contribution in [3.63, 3.8) is 0 Å². The first-order chi connectivity index (χ1) is 13.6. The van der Waals surface area contributed by atoms with E-state index in [1.165, 1.54) is 0 Å². The van der Waals surface area contributed by atoms with Gasteiger partial charge in [0, 0.05) is 6.54 Å². The highest BCUT2D eigenvalue weighted by Gasteiger charge is 2.39. The number of para-hydroxylation sites is 1. The van der Waals surface area contributed by atoms with Crippen molar-refractivity contribution in [1.82, 2.24) is 10.2 Å². The summed E-state index contributed by atoms with van der Waals surface area (Å²) in [5.41, 5.74) is -0.643. The minimum atomic E-state index is -0.809. The molecule has 1 heterocycles. The largest absolute Gasteiger partial charge is 0.491 e. The van der Waals surface area contributed by atoms with Gasteiger partial charge in [0.05, 0.1) is 6.04 Å². The van der Waals surface area contributed by atoms with Crippen LogP contribution in [0.15, 0.2) is 30.3 Å². The molecule has 1 saturated heterocycles. The van der Waals surface area contributed by atoms with Crippen LogP contribution in [0.2, 0.25) is 0 Å². The van der Waals surface area contributed by atoms with Gasteiger partial charge in [0.2, 0.25) is 5.91 Å². The molecule has 2 rings (SSSR count). The van der Waals surface area contributed by atoms with Gasteiger partial charge >= 0.3 is 6.09 Å². The number of hydrogen-bond donors (Lipinski definition) is 2. The number of benzene rings is 1. The Kier molecular flexibility index (Phi) is 7.90. The van der Waals surface area contributed by atoms with E-state index in [0.29, 0.717) is 18.7 Å². The van der Waals surface area contributed by atoms with Crippen LogP contribution in [0, 0.1) is 5.92 Å². The molecule has 2 N–H and O–H groups in total. The number of carbonyl (C=O) groups is 2. The first kappa shape index (κ1) is 23.0. The molecule has 1 aromatic rings. The Morgan fingerprint density at radius 3 is 2.48 bits per heavy atom. The third kappa shape index (κ3) is 6.92. The summed E-state index contributed by atoms with van der Waals surface area (Å²) in [4.78, 5) is 27.0. The van der Waals surface area contributed by atoms with Crippen molar-refractivity contribution in [2.24, 2.45) is 5.92 Å². The summed E-state index contributed by atoms with van der Waals surface area (Å²) in [5, 5.41) is 13.4. The van der Waals surface area contributed by atoms with E-state index in [4.69, 9.17) is 9.47 Å². The fraction of sp³-hybridized carbons (Fsp3) is 0.636. The first-order valence-electron chi connectivity index (χ1n) is 10.2. The van der Waals surface area contributed by atoms with Crippen molar-refractivity contribution in [1.29, 1.82) is 0 Å². The zero-order chi connectivity index (χ0) is 21.6. The Hall–Kier alpha value is -2.28. The van der Waals surface area contributed by atoms with E-state index in [0.717, 1.165) is 6.42 Å². The van der Waals surface area contributed by atoms with Crippen LogP contribution in [0.1, 0.15) is 47.5 Å². The van der Waals surface area contributed by atoms with E-state index in [2.05, 4.69) is 5.32 Å². The van der Waals surface area contributed by atoms with Crippen molar-refractivity contribution < 1.29 is 24.2 Å². The smallest absolute Gasteiger partial charge is 0.408 e. The van der Waals surface area contributed by atoms with Crippen molar-refractivity contribution in [3.05, 3.63) is 30.3 Å². The molecule has 0 radical (unpaired) electrons. The zero-order valence-electron chi connectivity index (χ0n) is 18.1. The molecule has 1 aliphatic rings. The second-order valence-electron chi connectivity index (χ2n) is 8.80. The van der Waals surface area contributed by atoms with Gasteiger partial charge in [0.15, 0.2) is 0 Å². The molecule has 2 amide bonds. The molecule has 1 unspecified atom stereocenters. The highest BCUT2D eigenvalue weighted by atomic mass is 16.6. The van der Waals surface area contributed by atoms with Gasteiger partial charge in [0.25, 0.3) is 0 Å². The van der Waals surface area contributed by atoms with Gasteiger partial charge in [-0.15, -0.1) is 0 Å². The molecule has 162 valence electrons. The number of hydrogen-bond acceptors (Lipinski definition) is 5. The predicted molar refractivity (Wildman–Crippen MR) is 111 cm³/mol. The van der Waals surface area contributed by atoms with Crippen LogP contribution in [0.25, 0.3) is 0 Å². The minimum Gasteiger partial charge on any atom is -0.491 e. The van der Waals surface area contributed by atoms with Gasteiger partial charge in [0.1, 0.15) is 30.1 Å². The van der Waals surface area contributed by atoms with Crippen LogP contribution >= 0.6 is 0 Å². The molecule has 7 heteroatoms. The lowest BCUT2D eigenvalue weighted by atomic mass is 10.0. The van der Waals surface area contributed by atoms with E-state index >= 15 is 0 Å². The topological polar surface area (TPSA) is 88.1 Å². The van der Waals surface area contributed by atoms with E-state index < -0.39 is 23.8 Å². The molecule has 0 aromatic heterocycles. The number of alkyl carbamates (subject to hydrolysis) is 1. The number of nitrogens with zero attached hydrogens (tertiary/aromatic N) is 1. The zero-order valence-corrected chi connectivity index (χ0v) is 18.1. The second kappa shape index (κ2) is 9.96. The van der Waals surface area contributed by atoms with Crippen molar-refractivity contribution in [3.8, 4) is 5.75 Å². The fourth-order valence-corrected chi connectivity index (χ4v) is 3.40. The average Bonchev–Trinajstić information content (AvgIpc) is 3.12. The average molecular weight is 407 g/mol. The standard InChI is InChI=1S/C22H34N2O5/c1-15(2)19(23-21(27)29-22(3,4)5)20(26)24-13-9-12-17(24)18(25)14-28-16-10-7-6-8-11-16/h6-8,10-11,15,17-19,25H,9,12-14H2,1-5H3,(H,23,27)/t17-,18?,19-/m0/s1. The Morgan fingerprint density at radius 2 is 1.90 bits per heavy atom. The SMILES string of the molecule is CC(C)[C@H](NC(=O)OC(C)(C)C)C(=O)N1CCC[C@H]1C(O)COc1ccccc1. The lowest BCUT2D eigenvalue weighted by molar-refractivity contribution is -0.138. The Morgan fingerprint density at radius 1 is 1.24 bits per heavy atom. The number of carbonyl (C=O) groups excluding carboxylic acids is 2. The lowest BCUT2D eigenvalue weighted by Crippen LogP contribution is -2.55. The monoisotopic (exact) mass is 406 g/mol. The maximum absolute atomic E-state index is 13.2. The molecule has 0 spiro atoms. The molecular formula is C22H34N2O5. The van der Waals surface area contributed by atoms with E-state index in [1.807, 2.05) is 44.2 Å². The van der Waals surface area contributed by atoms with Gasteiger partial charge in [-0.3, -0.25) is 4.79 Å². The van der Waals surface area contributed by atoms with Crippen LogP contribution in [0.5, 0.6) is 5.75 Å². The molecule has 1 fully saturated rings. The highest BCUT2D eigenvalue weighted by Crippen LogP contribution is 2.24. The normalized spacial score (nSPS) is 19.0. The van der Waals surface area contributed by atoms with Crippen LogP contribution in [-0.2, 0) is 9.53 Å². The molecule has 3 atom stereocenters. The number of ether oxygens (including phenoxy) is 2. The fourth-order valence-electron chi connectivity index (χ4n) is 3.40. The first-order valence-corrected chi connectivity index (χ1v) is 10.2. The number of likely N-dealkylation sites (tertiary alicyclic amines) is 1. The highest BCUT2D eigenvalue weighted by molar-refractivity contribution is 5.86. The molecule has 0 bridgehead atoms. The number of aliphatic hydroxyl groups is 1. The quantitative estimate of drug-likeness (QED) is 0.727. The van der Waals surface area contributed by atoms with Gasteiger partial charge in [-0.05, 0) is 51.7 Å². The van der Waals surface area contributed by atoms with Crippen LogP contribution in [-0.4, -0.2) is 58.9 Å². The maximum Gasteiger partial charge on any atom is 0.408 e. The number of nitrogens with one attached hydrogen (secondary N) is 1. The summed E-state index contributed by atoms with van der Waals surface area (Å²) in [6.45, 7) is 9.73. The molecular weight excluding hydrogens is 372 g/mol. The van der Waals surface area contributed by atoms with Gasteiger partial charge < -0.3 is 24.8 Å². The molecule has 29 heavy (non-hydrogen) atoms. The summed E-state index contributed by atoms with van der Waals surface area (Å²) < 4.78 is 11.0. The number of rotatable bonds is 7. The third-order valence-corrected chi connectivity index (χ3v) is 4.80. The summed E-state index contributed by atoms with van der Waals surface area (Å²) in [6.07, 6.45) is 0.0718. The van der Waals surface area contributed by atoms with E-state index in [9.17, 15) is 14.7 Å². The van der Waals surface area contributed by atoms with Crippen molar-refractivity contribution in [2.45, 2.75) is 71.2 Å². The van der Waals surface area contributed by atoms with Gasteiger partial charge in [-0.25, -0.2) is 4.79 Å². The summed E-state index contributed by atoms with van der Waals surface area (Å²) >= 11 is 0. The number of aliphatic hydroxyl groups excluding tert-OH is 1. The lowest BCUT2D eigenvalue weighted by Gasteiger charge is -2.33. The van der Waals surface area contributed by atoms with Gasteiger partial charge in [-0.2, -0.15) is 0 Å². The maximum atomic E-state index is 13.2. The summed E-state index contributed by atoms with van der Waals surface area (Å²) in [6, 6.07) is 8.21. The second-order valence-corrected chi connectivity index (χ2v) is 8.80. The van der Waals surface area contributed by atoms with Crippen LogP contribution < -0.4 is 10.1 Å². The molecule has 0 saturated carbocycles. The summed E-state index contributed by atoms with van der Waals surface area (Å²) in [7, 11) is 0. The molecule has 1 aromatic carbocycles. The summed E-state index contributed by atoms with van der Waals surface area (Å²) in [5.74, 6) is 0.357. The number of amides is 2. The van der Waals surface area contributed by atoms with E-state index in [-0.39, 0.29) is 24.5 Å². The van der Waals surface area contributed by atoms with Gasteiger partial charge in [-0.1, -0.05) is 32.0 Å². The van der Waals surface area contributed by atoms with E-state index in [1.54, 1.807) is 25.7 Å². The Bertz CT molecular complexity index is 672. The van der Waals surface area contributed by atoms with Crippen LogP contribution in [0.4, 0.5) is 4.79 Å². The Labute approximate surface area is 173 Å². The third-order valence-electron chi connectivity index (χ3n) is 4.80. The van der Waals surface area contributed by atoms with Crippen molar-refractivity contribution >= 4 is 12.0 Å². The molecule has 1 aliphatic heterocycles. The molecule has 0 aliphatic carbocycles. The van der Waals surface area contributed by atoms with Crippen LogP contribution in [0.3, 0.4) is 0 Å².